The van der Waals surface area contributed by atoms with Crippen LogP contribution in [0.1, 0.15) is 35.2 Å². The summed E-state index contributed by atoms with van der Waals surface area (Å²) in [6.45, 7) is 2.48. The molecule has 116 valence electrons. The Morgan fingerprint density at radius 3 is 2.52 bits per heavy atom. The van der Waals surface area contributed by atoms with Crippen LogP contribution < -0.4 is 5.14 Å². The van der Waals surface area contributed by atoms with E-state index >= 15 is 0 Å². The van der Waals surface area contributed by atoms with Gasteiger partial charge in [0.15, 0.2) is 0 Å². The van der Waals surface area contributed by atoms with Crippen LogP contribution in [0.5, 0.6) is 0 Å². The highest BCUT2D eigenvalue weighted by molar-refractivity contribution is 9.10. The second-order valence-corrected chi connectivity index (χ2v) is 8.02. The fraction of sp³-hybridized carbons (Fsp3) is 0.500. The van der Waals surface area contributed by atoms with Crippen LogP contribution in [-0.2, 0) is 10.0 Å². The molecule has 0 heterocycles. The third kappa shape index (κ3) is 3.64. The monoisotopic (exact) mass is 374 g/mol. The predicted molar refractivity (Wildman–Crippen MR) is 84.6 cm³/mol. The molecule has 0 radical (unpaired) electrons. The number of sulfonamides is 1. The normalized spacial score (nSPS) is 15.6. The summed E-state index contributed by atoms with van der Waals surface area (Å²) in [5.74, 6) is 0.384. The lowest BCUT2D eigenvalue weighted by Gasteiger charge is -2.30. The van der Waals surface area contributed by atoms with Gasteiger partial charge in [0.25, 0.3) is 5.91 Å². The van der Waals surface area contributed by atoms with E-state index in [1.165, 1.54) is 18.6 Å². The average molecular weight is 375 g/mol. The predicted octanol–water partition coefficient (Wildman–Crippen LogP) is 2.28. The molecule has 7 heteroatoms. The molecule has 0 aliphatic heterocycles. The van der Waals surface area contributed by atoms with Crippen LogP contribution in [0.3, 0.4) is 0 Å². The number of halogens is 1. The molecule has 0 spiro atoms. The van der Waals surface area contributed by atoms with E-state index < -0.39 is 10.0 Å². The van der Waals surface area contributed by atoms with Gasteiger partial charge < -0.3 is 4.90 Å². The van der Waals surface area contributed by atoms with E-state index in [1.54, 1.807) is 18.9 Å². The second kappa shape index (κ2) is 6.06. The van der Waals surface area contributed by atoms with Gasteiger partial charge in [0, 0.05) is 23.6 Å². The van der Waals surface area contributed by atoms with Gasteiger partial charge in [0.1, 0.15) is 0 Å². The number of nitrogens with zero attached hydrogens (tertiary/aromatic N) is 1. The standard InChI is InChI=1S/C14H19BrN2O3S/c1-9-12(6-11(7-13(9)15)21(16,19)20)14(18)17(2)8-10-4-3-5-10/h6-7,10H,3-5,8H2,1-2H3,(H2,16,19,20). The van der Waals surface area contributed by atoms with E-state index in [0.717, 1.165) is 12.8 Å². The summed E-state index contributed by atoms with van der Waals surface area (Å²) < 4.78 is 23.6. The minimum Gasteiger partial charge on any atom is -0.341 e. The van der Waals surface area contributed by atoms with Crippen LogP contribution in [0.15, 0.2) is 21.5 Å². The van der Waals surface area contributed by atoms with E-state index in [1.807, 2.05) is 0 Å². The molecule has 2 rings (SSSR count). The molecular formula is C14H19BrN2O3S. The minimum atomic E-state index is -3.84. The summed E-state index contributed by atoms with van der Waals surface area (Å²) in [5.41, 5.74) is 1.09. The maximum Gasteiger partial charge on any atom is 0.253 e. The first-order valence-electron chi connectivity index (χ1n) is 6.78. The molecule has 5 nitrogen and oxygen atoms in total. The largest absolute Gasteiger partial charge is 0.341 e. The number of rotatable bonds is 4. The lowest BCUT2D eigenvalue weighted by molar-refractivity contribution is 0.0744. The molecule has 0 aromatic heterocycles. The molecule has 2 N–H and O–H groups in total. The zero-order valence-electron chi connectivity index (χ0n) is 12.1. The molecule has 1 saturated carbocycles. The van der Waals surface area contributed by atoms with Crippen molar-refractivity contribution in [2.75, 3.05) is 13.6 Å². The molecule has 0 unspecified atom stereocenters. The molecule has 1 aromatic rings. The van der Waals surface area contributed by atoms with Gasteiger partial charge in [-0.15, -0.1) is 0 Å². The molecule has 21 heavy (non-hydrogen) atoms. The summed E-state index contributed by atoms with van der Waals surface area (Å²) in [6.07, 6.45) is 3.52. The van der Waals surface area contributed by atoms with Crippen molar-refractivity contribution in [3.8, 4) is 0 Å². The maximum atomic E-state index is 12.5. The Bertz CT molecular complexity index is 669. The van der Waals surface area contributed by atoms with E-state index in [0.29, 0.717) is 28.1 Å². The molecular weight excluding hydrogens is 356 g/mol. The smallest absolute Gasteiger partial charge is 0.253 e. The van der Waals surface area contributed by atoms with E-state index in [9.17, 15) is 13.2 Å². The third-order valence-electron chi connectivity index (χ3n) is 3.98. The highest BCUT2D eigenvalue weighted by Gasteiger charge is 2.24. The topological polar surface area (TPSA) is 80.5 Å². The number of amides is 1. The van der Waals surface area contributed by atoms with Crippen LogP contribution in [-0.4, -0.2) is 32.8 Å². The van der Waals surface area contributed by atoms with E-state index in [4.69, 9.17) is 5.14 Å². The van der Waals surface area contributed by atoms with Gasteiger partial charge >= 0.3 is 0 Å². The SMILES string of the molecule is Cc1c(Br)cc(S(N)(=O)=O)cc1C(=O)N(C)CC1CCC1. The summed E-state index contributed by atoms with van der Waals surface area (Å²) >= 11 is 3.29. The lowest BCUT2D eigenvalue weighted by Crippen LogP contribution is -2.34. The maximum absolute atomic E-state index is 12.5. The summed E-state index contributed by atoms with van der Waals surface area (Å²) in [7, 11) is -2.09. The first-order valence-corrected chi connectivity index (χ1v) is 9.12. The fourth-order valence-corrected chi connectivity index (χ4v) is 3.57. The average Bonchev–Trinajstić information content (AvgIpc) is 2.34. The highest BCUT2D eigenvalue weighted by Crippen LogP contribution is 2.29. The molecule has 0 saturated heterocycles. The van der Waals surface area contributed by atoms with Crippen LogP contribution in [0.4, 0.5) is 0 Å². The molecule has 1 fully saturated rings. The Hall–Kier alpha value is -0.920. The van der Waals surface area contributed by atoms with Gasteiger partial charge in [-0.1, -0.05) is 22.4 Å². The fourth-order valence-electron chi connectivity index (χ4n) is 2.39. The highest BCUT2D eigenvalue weighted by atomic mass is 79.9. The quantitative estimate of drug-likeness (QED) is 0.877. The Balaban J connectivity index is 2.33. The number of hydrogen-bond donors (Lipinski definition) is 1. The second-order valence-electron chi connectivity index (χ2n) is 5.61. The van der Waals surface area contributed by atoms with Crippen molar-refractivity contribution in [1.82, 2.24) is 4.90 Å². The van der Waals surface area contributed by atoms with Crippen LogP contribution in [0, 0.1) is 12.8 Å². The van der Waals surface area contributed by atoms with Gasteiger partial charge in [-0.05, 0) is 43.4 Å². The lowest BCUT2D eigenvalue weighted by atomic mass is 9.85. The number of benzene rings is 1. The van der Waals surface area contributed by atoms with Crippen molar-refractivity contribution >= 4 is 31.9 Å². The number of carbonyl (C=O) groups excluding carboxylic acids is 1. The van der Waals surface area contributed by atoms with Gasteiger partial charge in [0.05, 0.1) is 4.90 Å². The molecule has 0 atom stereocenters. The van der Waals surface area contributed by atoms with Crippen molar-refractivity contribution in [3.05, 3.63) is 27.7 Å². The summed E-state index contributed by atoms with van der Waals surface area (Å²) in [6, 6.07) is 2.78. The van der Waals surface area contributed by atoms with Crippen LogP contribution in [0.2, 0.25) is 0 Å². The third-order valence-corrected chi connectivity index (χ3v) is 5.70. The first-order chi connectivity index (χ1) is 9.70. The Kier molecular flexibility index (Phi) is 4.75. The zero-order chi connectivity index (χ0) is 15.8. The Morgan fingerprint density at radius 2 is 2.05 bits per heavy atom. The molecule has 1 aromatic carbocycles. The van der Waals surface area contributed by atoms with Crippen molar-refractivity contribution in [2.24, 2.45) is 11.1 Å². The number of hydrogen-bond acceptors (Lipinski definition) is 3. The van der Waals surface area contributed by atoms with Gasteiger partial charge in [-0.25, -0.2) is 13.6 Å². The van der Waals surface area contributed by atoms with Crippen molar-refractivity contribution in [2.45, 2.75) is 31.1 Å². The van der Waals surface area contributed by atoms with Crippen LogP contribution >= 0.6 is 15.9 Å². The van der Waals surface area contributed by atoms with Gasteiger partial charge in [-0.3, -0.25) is 4.79 Å². The van der Waals surface area contributed by atoms with Gasteiger partial charge in [-0.2, -0.15) is 0 Å². The Labute approximate surface area is 133 Å². The van der Waals surface area contributed by atoms with Crippen molar-refractivity contribution in [1.29, 1.82) is 0 Å². The number of nitrogens with two attached hydrogens (primary N) is 1. The number of primary sulfonamides is 1. The first kappa shape index (κ1) is 16.5. The zero-order valence-corrected chi connectivity index (χ0v) is 14.5. The van der Waals surface area contributed by atoms with Crippen LogP contribution in [0.25, 0.3) is 0 Å². The number of carbonyl (C=O) groups is 1. The van der Waals surface area contributed by atoms with Crippen molar-refractivity contribution in [3.63, 3.8) is 0 Å². The van der Waals surface area contributed by atoms with E-state index in [2.05, 4.69) is 15.9 Å². The summed E-state index contributed by atoms with van der Waals surface area (Å²) in [4.78, 5) is 14.1. The molecule has 0 bridgehead atoms. The van der Waals surface area contributed by atoms with Gasteiger partial charge in [0.2, 0.25) is 10.0 Å². The minimum absolute atomic E-state index is 0.0552. The van der Waals surface area contributed by atoms with Crippen molar-refractivity contribution < 1.29 is 13.2 Å². The van der Waals surface area contributed by atoms with E-state index in [-0.39, 0.29) is 10.8 Å². The Morgan fingerprint density at radius 1 is 1.43 bits per heavy atom. The molecule has 1 aliphatic carbocycles. The molecule has 1 aliphatic rings. The summed E-state index contributed by atoms with van der Waals surface area (Å²) in [5, 5.41) is 5.16. The molecule has 1 amide bonds.